The van der Waals surface area contributed by atoms with Crippen molar-refractivity contribution < 1.29 is 23.1 Å². The molecule has 0 amide bonds. The first-order chi connectivity index (χ1) is 8.09. The van der Waals surface area contributed by atoms with Gasteiger partial charge >= 0.3 is 13.9 Å². The molecule has 0 aromatic carbocycles. The Balaban J connectivity index is 2.03. The van der Waals surface area contributed by atoms with Gasteiger partial charge in [-0.3, -0.25) is 0 Å². The molecule has 1 fully saturated rings. The second-order valence-electron chi connectivity index (χ2n) is 4.02. The minimum atomic E-state index is -1.96. The lowest BCUT2D eigenvalue weighted by Gasteiger charge is -2.22. The monoisotopic (exact) mass is 280 g/mol. The normalized spacial score (nSPS) is 20.6. The van der Waals surface area contributed by atoms with E-state index in [1.165, 1.54) is 11.8 Å². The van der Waals surface area contributed by atoms with Gasteiger partial charge < -0.3 is 18.3 Å². The third-order valence-electron chi connectivity index (χ3n) is 2.74. The molecule has 1 aliphatic heterocycles. The van der Waals surface area contributed by atoms with Crippen LogP contribution < -0.4 is 0 Å². The molecule has 1 saturated heterocycles. The lowest BCUT2D eigenvalue weighted by atomic mass is 10.4. The molecule has 0 N–H and O–H groups in total. The molecule has 0 aliphatic carbocycles. The largest absolute Gasteiger partial charge is 0.451 e. The number of hydrogen-bond donors (Lipinski definition) is 0. The first-order valence-corrected chi connectivity index (χ1v) is 9.12. The summed E-state index contributed by atoms with van der Waals surface area (Å²) in [5.74, 6) is 0.696. The van der Waals surface area contributed by atoms with Gasteiger partial charge in [0.05, 0.1) is 6.61 Å². The second kappa shape index (κ2) is 7.37. The maximum atomic E-state index is 10.8. The molecule has 0 spiro atoms. The highest BCUT2D eigenvalue weighted by Gasteiger charge is 2.28. The number of carbonyl (C=O) groups is 1. The fraction of sp³-hybridized carbons (Fsp3) is 0.900. The zero-order valence-electron chi connectivity index (χ0n) is 10.6. The smallest absolute Gasteiger partial charge is 0.367 e. The summed E-state index contributed by atoms with van der Waals surface area (Å²) in [6.07, 6.45) is 0.819. The Kier molecular flexibility index (Phi) is 6.50. The van der Waals surface area contributed by atoms with Gasteiger partial charge in [-0.1, -0.05) is 0 Å². The summed E-state index contributed by atoms with van der Waals surface area (Å²) >= 11 is 1.21. The molecular formula is C10H20O5SSi. The summed E-state index contributed by atoms with van der Waals surface area (Å²) < 4.78 is 21.2. The number of cyclic esters (lactones) is 1. The van der Waals surface area contributed by atoms with E-state index in [-0.39, 0.29) is 11.4 Å². The van der Waals surface area contributed by atoms with Crippen molar-refractivity contribution in [3.8, 4) is 0 Å². The Hall–Kier alpha value is -0.0831. The van der Waals surface area contributed by atoms with Crippen molar-refractivity contribution in [2.75, 3.05) is 33.2 Å². The van der Waals surface area contributed by atoms with Gasteiger partial charge in [-0.25, -0.2) is 4.79 Å². The predicted molar refractivity (Wildman–Crippen MR) is 68.6 cm³/mol. The Bertz CT molecular complexity index is 247. The minimum Gasteiger partial charge on any atom is -0.451 e. The molecule has 5 nitrogen and oxygen atoms in total. The van der Waals surface area contributed by atoms with E-state index in [0.29, 0.717) is 19.0 Å². The van der Waals surface area contributed by atoms with E-state index in [2.05, 4.69) is 0 Å². The second-order valence-corrected chi connectivity index (χ2v) is 8.56. The average Bonchev–Trinajstić information content (AvgIpc) is 2.74. The molecule has 1 heterocycles. The molecule has 0 bridgehead atoms. The Morgan fingerprint density at radius 3 is 2.71 bits per heavy atom. The van der Waals surface area contributed by atoms with Gasteiger partial charge in [0.2, 0.25) is 0 Å². The summed E-state index contributed by atoms with van der Waals surface area (Å²) in [6, 6.07) is 0.902. The van der Waals surface area contributed by atoms with Gasteiger partial charge in [0.1, 0.15) is 6.10 Å². The van der Waals surface area contributed by atoms with E-state index < -0.39 is 8.56 Å². The van der Waals surface area contributed by atoms with Crippen LogP contribution in [0.1, 0.15) is 6.42 Å². The van der Waals surface area contributed by atoms with E-state index in [0.717, 1.165) is 12.5 Å². The van der Waals surface area contributed by atoms with Crippen molar-refractivity contribution in [1.82, 2.24) is 0 Å². The highest BCUT2D eigenvalue weighted by atomic mass is 32.2. The fourth-order valence-corrected chi connectivity index (χ4v) is 3.50. The molecule has 1 unspecified atom stereocenters. The van der Waals surface area contributed by atoms with Crippen LogP contribution in [0.25, 0.3) is 0 Å². The first-order valence-electron chi connectivity index (χ1n) is 5.61. The summed E-state index contributed by atoms with van der Waals surface area (Å²) in [6.45, 7) is 3.16. The zero-order chi connectivity index (χ0) is 12.7. The fourth-order valence-electron chi connectivity index (χ4n) is 1.44. The molecule has 17 heavy (non-hydrogen) atoms. The quantitative estimate of drug-likeness (QED) is 0.385. The summed E-state index contributed by atoms with van der Waals surface area (Å²) in [4.78, 5) is 10.8. The maximum absolute atomic E-state index is 10.8. The molecule has 0 saturated carbocycles. The van der Waals surface area contributed by atoms with Crippen LogP contribution in [-0.4, -0.2) is 53.2 Å². The number of rotatable bonds is 8. The van der Waals surface area contributed by atoms with Crippen LogP contribution in [0.2, 0.25) is 12.6 Å². The van der Waals surface area contributed by atoms with Crippen LogP contribution in [-0.2, 0) is 18.3 Å². The number of thioether (sulfide) groups is 1. The summed E-state index contributed by atoms with van der Waals surface area (Å²) in [5.41, 5.74) is 0. The Morgan fingerprint density at radius 2 is 2.18 bits per heavy atom. The molecule has 1 aliphatic rings. The van der Waals surface area contributed by atoms with Gasteiger partial charge in [0.15, 0.2) is 0 Å². The molecule has 1 rings (SSSR count). The third kappa shape index (κ3) is 5.39. The van der Waals surface area contributed by atoms with Crippen LogP contribution in [0.5, 0.6) is 0 Å². The van der Waals surface area contributed by atoms with E-state index in [1.807, 2.05) is 6.55 Å². The molecule has 1 atom stereocenters. The van der Waals surface area contributed by atoms with Crippen LogP contribution in [0.3, 0.4) is 0 Å². The van der Waals surface area contributed by atoms with Crippen molar-refractivity contribution in [2.45, 2.75) is 25.1 Å². The van der Waals surface area contributed by atoms with Crippen molar-refractivity contribution >= 4 is 25.6 Å². The van der Waals surface area contributed by atoms with Crippen LogP contribution >= 0.6 is 11.8 Å². The van der Waals surface area contributed by atoms with Gasteiger partial charge in [-0.15, -0.1) is 0 Å². The number of hydrogen-bond acceptors (Lipinski definition) is 6. The van der Waals surface area contributed by atoms with Gasteiger partial charge in [0, 0.05) is 26.6 Å². The molecule has 0 aromatic heterocycles. The number of ether oxygens (including phenoxy) is 2. The molecular weight excluding hydrogens is 260 g/mol. The molecule has 0 radical (unpaired) electrons. The minimum absolute atomic E-state index is 0.0824. The van der Waals surface area contributed by atoms with Crippen molar-refractivity contribution in [3.63, 3.8) is 0 Å². The topological polar surface area (TPSA) is 54.0 Å². The van der Waals surface area contributed by atoms with Crippen molar-refractivity contribution in [2.24, 2.45) is 0 Å². The van der Waals surface area contributed by atoms with Gasteiger partial charge in [-0.2, -0.15) is 0 Å². The Morgan fingerprint density at radius 1 is 1.47 bits per heavy atom. The maximum Gasteiger partial charge on any atom is 0.367 e. The molecule has 100 valence electrons. The van der Waals surface area contributed by atoms with E-state index in [9.17, 15) is 4.79 Å². The number of carbonyl (C=O) groups excluding carboxylic acids is 1. The lowest BCUT2D eigenvalue weighted by molar-refractivity contribution is 0.0455. The first kappa shape index (κ1) is 15.0. The molecule has 0 aromatic rings. The standard InChI is InChI=1S/C10H20O5SSi/c1-12-17(3,13-2)6-4-5-14-7-9-8-16-10(11)15-9/h9H,4-8H2,1-3H3. The third-order valence-corrected chi connectivity index (χ3v) is 6.60. The van der Waals surface area contributed by atoms with E-state index in [1.54, 1.807) is 14.2 Å². The van der Waals surface area contributed by atoms with Crippen molar-refractivity contribution in [3.05, 3.63) is 0 Å². The van der Waals surface area contributed by atoms with Crippen LogP contribution in [0.4, 0.5) is 4.79 Å². The predicted octanol–water partition coefficient (Wildman–Crippen LogP) is 2.01. The van der Waals surface area contributed by atoms with Gasteiger partial charge in [-0.05, 0) is 30.8 Å². The highest BCUT2D eigenvalue weighted by molar-refractivity contribution is 8.13. The van der Waals surface area contributed by atoms with E-state index in [4.69, 9.17) is 18.3 Å². The summed E-state index contributed by atoms with van der Waals surface area (Å²) in [7, 11) is 1.41. The van der Waals surface area contributed by atoms with Crippen LogP contribution in [0.15, 0.2) is 0 Å². The van der Waals surface area contributed by atoms with E-state index >= 15 is 0 Å². The highest BCUT2D eigenvalue weighted by Crippen LogP contribution is 2.20. The van der Waals surface area contributed by atoms with Gasteiger partial charge in [0.25, 0.3) is 0 Å². The lowest BCUT2D eigenvalue weighted by Crippen LogP contribution is -2.36. The van der Waals surface area contributed by atoms with Crippen LogP contribution in [0, 0.1) is 0 Å². The van der Waals surface area contributed by atoms with Crippen molar-refractivity contribution in [1.29, 1.82) is 0 Å². The summed E-state index contributed by atoms with van der Waals surface area (Å²) in [5, 5.41) is -0.197. The average molecular weight is 280 g/mol. The molecule has 7 heteroatoms. The zero-order valence-corrected chi connectivity index (χ0v) is 12.4. The SMILES string of the molecule is CO[Si](C)(CCCOCC1CSC(=O)O1)OC. The Labute approximate surface area is 107 Å².